The maximum atomic E-state index is 11.9. The minimum absolute atomic E-state index is 0.388. The van der Waals surface area contributed by atoms with E-state index in [4.69, 9.17) is 23.2 Å². The van der Waals surface area contributed by atoms with E-state index in [-0.39, 0.29) is 6.03 Å². The Morgan fingerprint density at radius 2 is 1.63 bits per heavy atom. The van der Waals surface area contributed by atoms with Gasteiger partial charge in [0.2, 0.25) is 0 Å². The Morgan fingerprint density at radius 1 is 1.00 bits per heavy atom. The number of para-hydroxylation sites is 1. The van der Waals surface area contributed by atoms with Crippen LogP contribution in [-0.4, -0.2) is 6.03 Å². The Balaban J connectivity index is 2.10. The summed E-state index contributed by atoms with van der Waals surface area (Å²) < 4.78 is 0. The predicted octanol–water partition coefficient (Wildman–Crippen LogP) is 4.95. The highest BCUT2D eigenvalue weighted by atomic mass is 35.5. The Kier molecular flexibility index (Phi) is 4.30. The zero-order valence-corrected chi connectivity index (χ0v) is 11.7. The number of urea groups is 1. The molecule has 19 heavy (non-hydrogen) atoms. The maximum absolute atomic E-state index is 11.9. The van der Waals surface area contributed by atoms with E-state index in [2.05, 4.69) is 10.6 Å². The van der Waals surface area contributed by atoms with Crippen LogP contribution in [0, 0.1) is 6.92 Å². The molecular formula is C14H12Cl2N2O. The first-order valence-electron chi connectivity index (χ1n) is 5.65. The lowest BCUT2D eigenvalue weighted by Gasteiger charge is -2.10. The number of hydrogen-bond acceptors (Lipinski definition) is 1. The molecule has 0 aliphatic heterocycles. The minimum atomic E-state index is -0.388. The van der Waals surface area contributed by atoms with Gasteiger partial charge in [-0.15, -0.1) is 0 Å². The highest BCUT2D eigenvalue weighted by Gasteiger charge is 2.09. The number of halogens is 2. The highest BCUT2D eigenvalue weighted by Crippen LogP contribution is 2.29. The lowest BCUT2D eigenvalue weighted by Crippen LogP contribution is -2.19. The molecule has 0 saturated heterocycles. The molecular weight excluding hydrogens is 283 g/mol. The van der Waals surface area contributed by atoms with E-state index >= 15 is 0 Å². The van der Waals surface area contributed by atoms with Gasteiger partial charge < -0.3 is 10.6 Å². The average Bonchev–Trinajstić information content (AvgIpc) is 2.34. The first-order chi connectivity index (χ1) is 9.06. The van der Waals surface area contributed by atoms with Crippen LogP contribution in [0.5, 0.6) is 0 Å². The van der Waals surface area contributed by atoms with Crippen molar-refractivity contribution in [3.63, 3.8) is 0 Å². The molecule has 0 aliphatic rings. The number of nitrogens with one attached hydrogen (secondary N) is 2. The van der Waals surface area contributed by atoms with Gasteiger partial charge in [-0.3, -0.25) is 0 Å². The number of carbonyl (C=O) groups is 1. The topological polar surface area (TPSA) is 41.1 Å². The fourth-order valence-electron chi connectivity index (χ4n) is 1.62. The van der Waals surface area contributed by atoms with Crippen molar-refractivity contribution in [2.75, 3.05) is 10.6 Å². The van der Waals surface area contributed by atoms with Crippen molar-refractivity contribution in [2.24, 2.45) is 0 Å². The van der Waals surface area contributed by atoms with E-state index in [1.54, 1.807) is 24.3 Å². The summed E-state index contributed by atoms with van der Waals surface area (Å²) in [5.41, 5.74) is 2.17. The van der Waals surface area contributed by atoms with Crippen LogP contribution in [-0.2, 0) is 0 Å². The standard InChI is InChI=1S/C14H12Cl2N2O/c1-9-4-2-5-10(8-9)17-14(19)18-13-11(15)6-3-7-12(13)16/h2-8H,1H3,(H2,17,18,19). The monoisotopic (exact) mass is 294 g/mol. The molecule has 2 rings (SSSR count). The summed E-state index contributed by atoms with van der Waals surface area (Å²) in [5, 5.41) is 6.14. The number of amides is 2. The molecule has 0 aliphatic carbocycles. The number of carbonyl (C=O) groups excluding carboxylic acids is 1. The molecule has 2 aromatic carbocycles. The summed E-state index contributed by atoms with van der Waals surface area (Å²) in [6.45, 7) is 1.95. The first kappa shape index (κ1) is 13.7. The van der Waals surface area contributed by atoms with Gasteiger partial charge in [0.05, 0.1) is 15.7 Å². The molecule has 0 saturated carbocycles. The van der Waals surface area contributed by atoms with Crippen LogP contribution >= 0.6 is 23.2 Å². The first-order valence-corrected chi connectivity index (χ1v) is 6.40. The predicted molar refractivity (Wildman–Crippen MR) is 80.3 cm³/mol. The fraction of sp³-hybridized carbons (Fsp3) is 0.0714. The zero-order chi connectivity index (χ0) is 13.8. The van der Waals surface area contributed by atoms with Gasteiger partial charge in [-0.05, 0) is 36.8 Å². The Morgan fingerprint density at radius 3 is 2.26 bits per heavy atom. The lowest BCUT2D eigenvalue weighted by molar-refractivity contribution is 0.262. The van der Waals surface area contributed by atoms with Crippen LogP contribution in [0.3, 0.4) is 0 Å². The number of anilines is 2. The van der Waals surface area contributed by atoms with Gasteiger partial charge in [-0.2, -0.15) is 0 Å². The van der Waals surface area contributed by atoms with Gasteiger partial charge in [0.15, 0.2) is 0 Å². The number of benzene rings is 2. The highest BCUT2D eigenvalue weighted by molar-refractivity contribution is 6.39. The van der Waals surface area contributed by atoms with E-state index < -0.39 is 0 Å². The Hall–Kier alpha value is -1.71. The van der Waals surface area contributed by atoms with Gasteiger partial charge in [-0.1, -0.05) is 41.4 Å². The molecule has 98 valence electrons. The molecule has 0 bridgehead atoms. The molecule has 3 nitrogen and oxygen atoms in total. The van der Waals surface area contributed by atoms with Crippen molar-refractivity contribution in [1.29, 1.82) is 0 Å². The van der Waals surface area contributed by atoms with E-state index in [1.807, 2.05) is 25.1 Å². The molecule has 0 heterocycles. The van der Waals surface area contributed by atoms with Crippen LogP contribution in [0.25, 0.3) is 0 Å². The number of rotatable bonds is 2. The van der Waals surface area contributed by atoms with Crippen molar-refractivity contribution in [1.82, 2.24) is 0 Å². The molecule has 2 amide bonds. The van der Waals surface area contributed by atoms with Gasteiger partial charge in [-0.25, -0.2) is 4.79 Å². The molecule has 5 heteroatoms. The van der Waals surface area contributed by atoms with Gasteiger partial charge in [0.25, 0.3) is 0 Å². The van der Waals surface area contributed by atoms with Crippen molar-refractivity contribution in [3.8, 4) is 0 Å². The summed E-state index contributed by atoms with van der Waals surface area (Å²) in [6, 6.07) is 12.1. The average molecular weight is 295 g/mol. The summed E-state index contributed by atoms with van der Waals surface area (Å²) in [6.07, 6.45) is 0. The molecule has 0 aromatic heterocycles. The normalized spacial score (nSPS) is 10.1. The van der Waals surface area contributed by atoms with Crippen molar-refractivity contribution in [3.05, 3.63) is 58.1 Å². The molecule has 0 fully saturated rings. The largest absolute Gasteiger partial charge is 0.323 e. The second kappa shape index (κ2) is 5.95. The summed E-state index contributed by atoms with van der Waals surface area (Å²) in [5.74, 6) is 0. The second-order valence-electron chi connectivity index (χ2n) is 4.05. The minimum Gasteiger partial charge on any atom is -0.308 e. The number of hydrogen-bond donors (Lipinski definition) is 2. The molecule has 0 unspecified atom stereocenters. The third-order valence-corrected chi connectivity index (χ3v) is 3.11. The van der Waals surface area contributed by atoms with Crippen LogP contribution in [0.4, 0.5) is 16.2 Å². The van der Waals surface area contributed by atoms with Crippen LogP contribution in [0.2, 0.25) is 10.0 Å². The Bertz CT molecular complexity index is 594. The van der Waals surface area contributed by atoms with E-state index in [0.29, 0.717) is 21.4 Å². The third-order valence-electron chi connectivity index (χ3n) is 2.48. The molecule has 2 N–H and O–H groups in total. The smallest absolute Gasteiger partial charge is 0.308 e. The Labute approximate surface area is 121 Å². The van der Waals surface area contributed by atoms with Gasteiger partial charge in [0.1, 0.15) is 0 Å². The molecule has 0 radical (unpaired) electrons. The van der Waals surface area contributed by atoms with E-state index in [9.17, 15) is 4.79 Å². The van der Waals surface area contributed by atoms with Crippen LogP contribution < -0.4 is 10.6 Å². The summed E-state index contributed by atoms with van der Waals surface area (Å²) in [4.78, 5) is 11.9. The van der Waals surface area contributed by atoms with Crippen LogP contribution in [0.15, 0.2) is 42.5 Å². The van der Waals surface area contributed by atoms with E-state index in [1.165, 1.54) is 0 Å². The molecule has 0 spiro atoms. The lowest BCUT2D eigenvalue weighted by atomic mass is 10.2. The maximum Gasteiger partial charge on any atom is 0.323 e. The van der Waals surface area contributed by atoms with E-state index in [0.717, 1.165) is 5.56 Å². The van der Waals surface area contributed by atoms with Crippen molar-refractivity contribution < 1.29 is 4.79 Å². The SMILES string of the molecule is Cc1cccc(NC(=O)Nc2c(Cl)cccc2Cl)c1. The number of aryl methyl sites for hydroxylation is 1. The zero-order valence-electron chi connectivity index (χ0n) is 10.2. The summed E-state index contributed by atoms with van der Waals surface area (Å²) in [7, 11) is 0. The van der Waals surface area contributed by atoms with Crippen molar-refractivity contribution >= 4 is 40.6 Å². The summed E-state index contributed by atoms with van der Waals surface area (Å²) >= 11 is 11.9. The molecule has 0 atom stereocenters. The van der Waals surface area contributed by atoms with Crippen molar-refractivity contribution in [2.45, 2.75) is 6.92 Å². The molecule has 2 aromatic rings. The van der Waals surface area contributed by atoms with Crippen LogP contribution in [0.1, 0.15) is 5.56 Å². The van der Waals surface area contributed by atoms with Gasteiger partial charge in [0, 0.05) is 5.69 Å². The third kappa shape index (κ3) is 3.63. The fourth-order valence-corrected chi connectivity index (χ4v) is 2.11. The quantitative estimate of drug-likeness (QED) is 0.809. The van der Waals surface area contributed by atoms with Gasteiger partial charge >= 0.3 is 6.03 Å². The second-order valence-corrected chi connectivity index (χ2v) is 4.86.